The van der Waals surface area contributed by atoms with Crippen molar-refractivity contribution in [2.45, 2.75) is 13.3 Å². The molecule has 1 amide bonds. The lowest BCUT2D eigenvalue weighted by molar-refractivity contribution is -0.117. The number of nitrogens with one attached hydrogen (secondary N) is 1. The van der Waals surface area contributed by atoms with Crippen LogP contribution in [0.25, 0.3) is 17.4 Å². The standard InChI is InChI=1S/C19H18Cl2N2O3/c1-2-25-9-3-8-23-19(24)13(12-22)10-15-5-7-18(26-15)16-11-14(20)4-6-17(16)21/h4-7,10-11H,2-3,8-9H2,1H3,(H,23,24)/b13-10+. The van der Waals surface area contributed by atoms with E-state index < -0.39 is 5.91 Å². The number of furan rings is 1. The Kier molecular flexibility index (Phi) is 7.73. The van der Waals surface area contributed by atoms with Crippen LogP contribution in [0.3, 0.4) is 0 Å². The van der Waals surface area contributed by atoms with Gasteiger partial charge < -0.3 is 14.5 Å². The van der Waals surface area contributed by atoms with Crippen molar-refractivity contribution in [1.82, 2.24) is 5.32 Å². The molecule has 0 spiro atoms. The van der Waals surface area contributed by atoms with Gasteiger partial charge in [-0.25, -0.2) is 0 Å². The zero-order chi connectivity index (χ0) is 18.9. The number of nitrogens with zero attached hydrogens (tertiary/aromatic N) is 1. The van der Waals surface area contributed by atoms with Crippen molar-refractivity contribution in [2.75, 3.05) is 19.8 Å². The van der Waals surface area contributed by atoms with E-state index in [-0.39, 0.29) is 5.57 Å². The fraction of sp³-hybridized carbons (Fsp3) is 0.263. The molecule has 7 heteroatoms. The molecule has 136 valence electrons. The Morgan fingerprint density at radius 2 is 2.15 bits per heavy atom. The summed E-state index contributed by atoms with van der Waals surface area (Å²) < 4.78 is 10.9. The summed E-state index contributed by atoms with van der Waals surface area (Å²) in [4.78, 5) is 12.1. The van der Waals surface area contributed by atoms with Gasteiger partial charge in [0.1, 0.15) is 23.2 Å². The van der Waals surface area contributed by atoms with Gasteiger partial charge in [0.15, 0.2) is 0 Å². The van der Waals surface area contributed by atoms with Gasteiger partial charge in [-0.1, -0.05) is 23.2 Å². The summed E-state index contributed by atoms with van der Waals surface area (Å²) in [5.41, 5.74) is 0.595. The van der Waals surface area contributed by atoms with Crippen LogP contribution >= 0.6 is 23.2 Å². The van der Waals surface area contributed by atoms with Gasteiger partial charge in [-0.05, 0) is 43.7 Å². The second-order valence-electron chi connectivity index (χ2n) is 5.30. The number of rotatable bonds is 8. The average Bonchev–Trinajstić information content (AvgIpc) is 3.09. The number of carbonyl (C=O) groups is 1. The number of amides is 1. The zero-order valence-electron chi connectivity index (χ0n) is 14.2. The van der Waals surface area contributed by atoms with Crippen molar-refractivity contribution in [3.05, 3.63) is 51.7 Å². The van der Waals surface area contributed by atoms with E-state index in [0.29, 0.717) is 53.3 Å². The molecule has 1 aromatic carbocycles. The van der Waals surface area contributed by atoms with Gasteiger partial charge in [-0.15, -0.1) is 0 Å². The second kappa shape index (κ2) is 10.0. The third-order valence-electron chi connectivity index (χ3n) is 3.43. The van der Waals surface area contributed by atoms with Crippen LogP contribution in [0.2, 0.25) is 10.0 Å². The van der Waals surface area contributed by atoms with Crippen molar-refractivity contribution in [3.8, 4) is 17.4 Å². The number of ether oxygens (including phenoxy) is 1. The molecule has 0 aliphatic carbocycles. The van der Waals surface area contributed by atoms with Crippen molar-refractivity contribution < 1.29 is 13.9 Å². The molecule has 0 aliphatic rings. The van der Waals surface area contributed by atoms with Crippen molar-refractivity contribution in [3.63, 3.8) is 0 Å². The predicted octanol–water partition coefficient (Wildman–Crippen LogP) is 4.70. The third kappa shape index (κ3) is 5.63. The maximum Gasteiger partial charge on any atom is 0.262 e. The van der Waals surface area contributed by atoms with E-state index in [1.165, 1.54) is 6.08 Å². The van der Waals surface area contributed by atoms with Crippen molar-refractivity contribution in [2.24, 2.45) is 0 Å². The Morgan fingerprint density at radius 1 is 1.35 bits per heavy atom. The van der Waals surface area contributed by atoms with Gasteiger partial charge in [-0.2, -0.15) is 5.26 Å². The highest BCUT2D eigenvalue weighted by Crippen LogP contribution is 2.32. The second-order valence-corrected chi connectivity index (χ2v) is 6.15. The molecule has 2 aromatic rings. The first-order chi connectivity index (χ1) is 12.5. The van der Waals surface area contributed by atoms with Gasteiger partial charge in [0, 0.05) is 36.4 Å². The Morgan fingerprint density at radius 3 is 2.88 bits per heavy atom. The van der Waals surface area contributed by atoms with Crippen LogP contribution in [0.1, 0.15) is 19.1 Å². The average molecular weight is 393 g/mol. The van der Waals surface area contributed by atoms with E-state index >= 15 is 0 Å². The van der Waals surface area contributed by atoms with E-state index in [1.807, 2.05) is 13.0 Å². The molecular formula is C19H18Cl2N2O3. The van der Waals surface area contributed by atoms with Crippen LogP contribution in [0.5, 0.6) is 0 Å². The van der Waals surface area contributed by atoms with Crippen LogP contribution in [-0.2, 0) is 9.53 Å². The zero-order valence-corrected chi connectivity index (χ0v) is 15.7. The lowest BCUT2D eigenvalue weighted by atomic mass is 10.2. The highest BCUT2D eigenvalue weighted by atomic mass is 35.5. The lowest BCUT2D eigenvalue weighted by Gasteiger charge is -2.04. The van der Waals surface area contributed by atoms with E-state index in [2.05, 4.69) is 5.32 Å². The summed E-state index contributed by atoms with van der Waals surface area (Å²) in [5.74, 6) is 0.415. The van der Waals surface area contributed by atoms with Crippen LogP contribution in [-0.4, -0.2) is 25.7 Å². The predicted molar refractivity (Wildman–Crippen MR) is 102 cm³/mol. The maximum absolute atomic E-state index is 12.1. The van der Waals surface area contributed by atoms with Crippen molar-refractivity contribution in [1.29, 1.82) is 5.26 Å². The minimum atomic E-state index is -0.456. The van der Waals surface area contributed by atoms with E-state index in [1.54, 1.807) is 30.3 Å². The number of hydrogen-bond donors (Lipinski definition) is 1. The fourth-order valence-electron chi connectivity index (χ4n) is 2.17. The van der Waals surface area contributed by atoms with E-state index in [9.17, 15) is 10.1 Å². The Hall–Kier alpha value is -2.26. The van der Waals surface area contributed by atoms with E-state index in [0.717, 1.165) is 0 Å². The van der Waals surface area contributed by atoms with Gasteiger partial charge in [0.2, 0.25) is 0 Å². The molecule has 0 fully saturated rings. The van der Waals surface area contributed by atoms with Gasteiger partial charge in [-0.3, -0.25) is 4.79 Å². The van der Waals surface area contributed by atoms with Gasteiger partial charge in [0.05, 0.1) is 5.02 Å². The lowest BCUT2D eigenvalue weighted by Crippen LogP contribution is -2.26. The first kappa shape index (κ1) is 20.1. The van der Waals surface area contributed by atoms with Crippen LogP contribution in [0.15, 0.2) is 40.3 Å². The fourth-order valence-corrected chi connectivity index (χ4v) is 2.55. The largest absolute Gasteiger partial charge is 0.457 e. The summed E-state index contributed by atoms with van der Waals surface area (Å²) >= 11 is 12.1. The smallest absolute Gasteiger partial charge is 0.262 e. The number of benzene rings is 1. The Labute approximate surface area is 162 Å². The third-order valence-corrected chi connectivity index (χ3v) is 3.99. The molecule has 1 heterocycles. The van der Waals surface area contributed by atoms with Gasteiger partial charge >= 0.3 is 0 Å². The molecule has 0 unspecified atom stereocenters. The first-order valence-electron chi connectivity index (χ1n) is 8.08. The monoisotopic (exact) mass is 392 g/mol. The molecule has 0 radical (unpaired) electrons. The van der Waals surface area contributed by atoms with Crippen LogP contribution < -0.4 is 5.32 Å². The highest BCUT2D eigenvalue weighted by molar-refractivity contribution is 6.35. The van der Waals surface area contributed by atoms with Crippen LogP contribution in [0, 0.1) is 11.3 Å². The molecule has 0 bridgehead atoms. The molecule has 1 aromatic heterocycles. The molecule has 1 N–H and O–H groups in total. The number of hydrogen-bond acceptors (Lipinski definition) is 4. The molecule has 5 nitrogen and oxygen atoms in total. The summed E-state index contributed by atoms with van der Waals surface area (Å²) in [6.07, 6.45) is 2.07. The van der Waals surface area contributed by atoms with E-state index in [4.69, 9.17) is 32.4 Å². The molecule has 2 rings (SSSR count). The normalized spacial score (nSPS) is 11.2. The summed E-state index contributed by atoms with van der Waals surface area (Å²) in [6, 6.07) is 10.3. The summed E-state index contributed by atoms with van der Waals surface area (Å²) in [6.45, 7) is 3.53. The van der Waals surface area contributed by atoms with Crippen molar-refractivity contribution >= 4 is 35.2 Å². The quantitative estimate of drug-likeness (QED) is 0.401. The molecule has 0 aliphatic heterocycles. The Bertz CT molecular complexity index is 838. The molecule has 0 saturated heterocycles. The number of carbonyl (C=O) groups excluding carboxylic acids is 1. The van der Waals surface area contributed by atoms with Gasteiger partial charge in [0.25, 0.3) is 5.91 Å². The topological polar surface area (TPSA) is 75.3 Å². The maximum atomic E-state index is 12.1. The molecular weight excluding hydrogens is 375 g/mol. The SMILES string of the molecule is CCOCCCNC(=O)/C(C#N)=C/c1ccc(-c2cc(Cl)ccc2Cl)o1. The minimum Gasteiger partial charge on any atom is -0.457 e. The van der Waals surface area contributed by atoms with Crippen LogP contribution in [0.4, 0.5) is 0 Å². The number of nitriles is 1. The highest BCUT2D eigenvalue weighted by Gasteiger charge is 2.12. The first-order valence-corrected chi connectivity index (χ1v) is 8.83. The molecule has 0 saturated carbocycles. The number of halogens is 2. The summed E-state index contributed by atoms with van der Waals surface area (Å²) in [5, 5.41) is 12.9. The Balaban J connectivity index is 2.08. The molecule has 26 heavy (non-hydrogen) atoms. The summed E-state index contributed by atoms with van der Waals surface area (Å²) in [7, 11) is 0. The minimum absolute atomic E-state index is 0.0421. The molecule has 0 atom stereocenters.